The van der Waals surface area contributed by atoms with Crippen molar-refractivity contribution in [1.29, 1.82) is 0 Å². The number of hydrogen-bond donors (Lipinski definition) is 2. The molecule has 0 saturated carbocycles. The molecule has 1 saturated heterocycles. The van der Waals surface area contributed by atoms with Crippen LogP contribution in [0.5, 0.6) is 5.75 Å². The summed E-state index contributed by atoms with van der Waals surface area (Å²) in [5, 5.41) is 13.4. The second-order valence-electron chi connectivity index (χ2n) is 6.94. The zero-order valence-corrected chi connectivity index (χ0v) is 13.3. The molecule has 3 nitrogen and oxygen atoms in total. The van der Waals surface area contributed by atoms with Gasteiger partial charge in [-0.05, 0) is 68.0 Å². The standard InChI is InChI=1S/C18H28N2O/c1-13(2)18(20-9-3-4-10-20)12-19-17-8-5-14-11-15(21)6-7-16(14)17/h6-7,11,13,17-19,21H,3-5,8-10,12H2,1-2H3. The van der Waals surface area contributed by atoms with Crippen LogP contribution in [-0.2, 0) is 6.42 Å². The molecule has 0 aromatic heterocycles. The molecule has 1 aliphatic carbocycles. The molecule has 2 unspecified atom stereocenters. The highest BCUT2D eigenvalue weighted by Crippen LogP contribution is 2.33. The topological polar surface area (TPSA) is 35.5 Å². The van der Waals surface area contributed by atoms with Crippen LogP contribution in [0.15, 0.2) is 18.2 Å². The summed E-state index contributed by atoms with van der Waals surface area (Å²) in [5.74, 6) is 1.09. The molecule has 116 valence electrons. The van der Waals surface area contributed by atoms with E-state index in [9.17, 15) is 5.11 Å². The van der Waals surface area contributed by atoms with Gasteiger partial charge in [0.25, 0.3) is 0 Å². The molecule has 0 bridgehead atoms. The Morgan fingerprint density at radius 1 is 1.29 bits per heavy atom. The molecule has 1 heterocycles. The molecule has 0 radical (unpaired) electrons. The number of phenolic OH excluding ortho intramolecular Hbond substituents is 1. The summed E-state index contributed by atoms with van der Waals surface area (Å²) < 4.78 is 0. The highest BCUT2D eigenvalue weighted by atomic mass is 16.3. The molecule has 3 rings (SSSR count). The number of aryl methyl sites for hydroxylation is 1. The monoisotopic (exact) mass is 288 g/mol. The van der Waals surface area contributed by atoms with E-state index < -0.39 is 0 Å². The third-order valence-corrected chi connectivity index (χ3v) is 5.16. The Morgan fingerprint density at radius 3 is 2.76 bits per heavy atom. The van der Waals surface area contributed by atoms with E-state index in [2.05, 4.69) is 30.1 Å². The fraction of sp³-hybridized carbons (Fsp3) is 0.667. The Bertz CT molecular complexity index is 480. The second kappa shape index (κ2) is 6.37. The number of rotatable bonds is 5. The minimum Gasteiger partial charge on any atom is -0.508 e. The van der Waals surface area contributed by atoms with Crippen molar-refractivity contribution in [3.63, 3.8) is 0 Å². The minimum absolute atomic E-state index is 0.395. The van der Waals surface area contributed by atoms with E-state index in [-0.39, 0.29) is 0 Å². The highest BCUT2D eigenvalue weighted by molar-refractivity contribution is 5.40. The molecule has 1 aromatic carbocycles. The van der Waals surface area contributed by atoms with Crippen molar-refractivity contribution in [1.82, 2.24) is 10.2 Å². The molecule has 0 spiro atoms. The number of phenols is 1. The number of nitrogens with one attached hydrogen (secondary N) is 1. The van der Waals surface area contributed by atoms with Gasteiger partial charge >= 0.3 is 0 Å². The van der Waals surface area contributed by atoms with Crippen LogP contribution in [0.4, 0.5) is 0 Å². The van der Waals surface area contributed by atoms with Crippen molar-refractivity contribution in [3.8, 4) is 5.75 Å². The van der Waals surface area contributed by atoms with Gasteiger partial charge in [0.05, 0.1) is 0 Å². The number of hydrogen-bond acceptors (Lipinski definition) is 3. The van der Waals surface area contributed by atoms with E-state index in [0.29, 0.717) is 23.8 Å². The van der Waals surface area contributed by atoms with Crippen LogP contribution < -0.4 is 5.32 Å². The number of benzene rings is 1. The van der Waals surface area contributed by atoms with Gasteiger partial charge in [0.2, 0.25) is 0 Å². The Hall–Kier alpha value is -1.06. The van der Waals surface area contributed by atoms with Crippen LogP contribution in [0.3, 0.4) is 0 Å². The number of aromatic hydroxyl groups is 1. The first-order valence-corrected chi connectivity index (χ1v) is 8.44. The van der Waals surface area contributed by atoms with E-state index in [1.54, 1.807) is 0 Å². The van der Waals surface area contributed by atoms with Gasteiger partial charge in [0, 0.05) is 18.6 Å². The molecule has 1 aromatic rings. The third kappa shape index (κ3) is 3.24. The Morgan fingerprint density at radius 2 is 2.05 bits per heavy atom. The summed E-state index contributed by atoms with van der Waals surface area (Å²) in [5.41, 5.74) is 2.70. The first-order chi connectivity index (χ1) is 10.1. The van der Waals surface area contributed by atoms with Crippen LogP contribution in [0, 0.1) is 5.92 Å². The Balaban J connectivity index is 1.62. The zero-order chi connectivity index (χ0) is 14.8. The molecular weight excluding hydrogens is 260 g/mol. The van der Waals surface area contributed by atoms with Crippen molar-refractivity contribution >= 4 is 0 Å². The van der Waals surface area contributed by atoms with E-state index in [4.69, 9.17) is 0 Å². The lowest BCUT2D eigenvalue weighted by Gasteiger charge is -2.32. The molecule has 2 aliphatic rings. The van der Waals surface area contributed by atoms with Crippen LogP contribution in [0.1, 0.15) is 50.3 Å². The molecule has 2 N–H and O–H groups in total. The van der Waals surface area contributed by atoms with Crippen molar-refractivity contribution in [2.24, 2.45) is 5.92 Å². The fourth-order valence-electron chi connectivity index (χ4n) is 3.94. The predicted octanol–water partition coefficient (Wildman–Crippen LogP) is 3.09. The van der Waals surface area contributed by atoms with Crippen LogP contribution >= 0.6 is 0 Å². The summed E-state index contributed by atoms with van der Waals surface area (Å²) in [6.45, 7) is 8.28. The van der Waals surface area contributed by atoms with Gasteiger partial charge in [0.15, 0.2) is 0 Å². The maximum Gasteiger partial charge on any atom is 0.115 e. The molecule has 1 aliphatic heterocycles. The number of likely N-dealkylation sites (tertiary alicyclic amines) is 1. The van der Waals surface area contributed by atoms with Gasteiger partial charge in [-0.1, -0.05) is 19.9 Å². The first kappa shape index (κ1) is 14.9. The lowest BCUT2D eigenvalue weighted by atomic mass is 10.0. The average molecular weight is 288 g/mol. The number of fused-ring (bicyclic) bond motifs is 1. The second-order valence-corrected chi connectivity index (χ2v) is 6.94. The quantitative estimate of drug-likeness (QED) is 0.874. The molecule has 2 atom stereocenters. The fourth-order valence-corrected chi connectivity index (χ4v) is 3.94. The minimum atomic E-state index is 0.395. The lowest BCUT2D eigenvalue weighted by Crippen LogP contribution is -2.44. The summed E-state index contributed by atoms with van der Waals surface area (Å²) in [6.07, 6.45) is 4.95. The van der Waals surface area contributed by atoms with Crippen LogP contribution in [-0.4, -0.2) is 35.7 Å². The molecule has 0 amide bonds. The van der Waals surface area contributed by atoms with Crippen LogP contribution in [0.25, 0.3) is 0 Å². The normalized spacial score (nSPS) is 23.7. The molecular formula is C18H28N2O. The molecule has 1 fully saturated rings. The third-order valence-electron chi connectivity index (χ3n) is 5.16. The lowest BCUT2D eigenvalue weighted by molar-refractivity contribution is 0.182. The van der Waals surface area contributed by atoms with E-state index in [0.717, 1.165) is 19.4 Å². The van der Waals surface area contributed by atoms with E-state index >= 15 is 0 Å². The van der Waals surface area contributed by atoms with Crippen molar-refractivity contribution < 1.29 is 5.11 Å². The largest absolute Gasteiger partial charge is 0.508 e. The van der Waals surface area contributed by atoms with Gasteiger partial charge in [-0.15, -0.1) is 0 Å². The van der Waals surface area contributed by atoms with Gasteiger partial charge < -0.3 is 10.4 Å². The van der Waals surface area contributed by atoms with Crippen LogP contribution in [0.2, 0.25) is 0 Å². The van der Waals surface area contributed by atoms with Gasteiger partial charge in [0.1, 0.15) is 5.75 Å². The summed E-state index contributed by atoms with van der Waals surface area (Å²) >= 11 is 0. The van der Waals surface area contributed by atoms with Gasteiger partial charge in [-0.3, -0.25) is 4.90 Å². The maximum atomic E-state index is 9.59. The van der Waals surface area contributed by atoms with Gasteiger partial charge in [-0.2, -0.15) is 0 Å². The van der Waals surface area contributed by atoms with Crippen molar-refractivity contribution in [3.05, 3.63) is 29.3 Å². The summed E-state index contributed by atoms with van der Waals surface area (Å²) in [4.78, 5) is 2.66. The van der Waals surface area contributed by atoms with E-state index in [1.807, 2.05) is 12.1 Å². The van der Waals surface area contributed by atoms with Crippen molar-refractivity contribution in [2.75, 3.05) is 19.6 Å². The summed E-state index contributed by atoms with van der Waals surface area (Å²) in [7, 11) is 0. The Labute approximate surface area is 128 Å². The predicted molar refractivity (Wildman–Crippen MR) is 86.6 cm³/mol. The average Bonchev–Trinajstić information content (AvgIpc) is 3.08. The zero-order valence-electron chi connectivity index (χ0n) is 13.3. The smallest absolute Gasteiger partial charge is 0.115 e. The maximum absolute atomic E-state index is 9.59. The highest BCUT2D eigenvalue weighted by Gasteiger charge is 2.27. The molecule has 21 heavy (non-hydrogen) atoms. The van der Waals surface area contributed by atoms with Gasteiger partial charge in [-0.25, -0.2) is 0 Å². The summed E-state index contributed by atoms with van der Waals surface area (Å²) in [6, 6.07) is 6.95. The van der Waals surface area contributed by atoms with E-state index in [1.165, 1.54) is 37.1 Å². The SMILES string of the molecule is CC(C)C(CNC1CCc2cc(O)ccc21)N1CCCC1. The molecule has 3 heteroatoms. The number of nitrogens with zero attached hydrogens (tertiary/aromatic N) is 1. The Kier molecular flexibility index (Phi) is 4.51. The van der Waals surface area contributed by atoms with Crippen molar-refractivity contribution in [2.45, 2.75) is 51.6 Å². The first-order valence-electron chi connectivity index (χ1n) is 8.44.